The van der Waals surface area contributed by atoms with Crippen molar-refractivity contribution >= 4 is 0 Å². The second kappa shape index (κ2) is 8.17. The molecule has 1 heteroatoms. The SMILES string of the molecule is C/C=C/C=C(C)/C=C/C1=C(C)[CH-]CCC1(C)C.[Y]. The van der Waals surface area contributed by atoms with E-state index in [4.69, 9.17) is 0 Å². The quantitative estimate of drug-likeness (QED) is 0.482. The van der Waals surface area contributed by atoms with E-state index in [-0.39, 0.29) is 32.7 Å². The molecular formula is C17H25Y-. The zero-order valence-corrected chi connectivity index (χ0v) is 15.3. The Labute approximate surface area is 138 Å². The van der Waals surface area contributed by atoms with Gasteiger partial charge in [0.05, 0.1) is 0 Å². The Morgan fingerprint density at radius 2 is 2.00 bits per heavy atom. The number of rotatable bonds is 3. The molecule has 1 radical (unpaired) electrons. The van der Waals surface area contributed by atoms with Gasteiger partial charge in [-0.25, -0.2) is 12.0 Å². The monoisotopic (exact) mass is 318 g/mol. The normalized spacial score (nSPS) is 20.2. The van der Waals surface area contributed by atoms with Crippen LogP contribution in [0, 0.1) is 11.8 Å². The van der Waals surface area contributed by atoms with Crippen LogP contribution in [0.25, 0.3) is 0 Å². The molecule has 0 amide bonds. The van der Waals surface area contributed by atoms with Crippen LogP contribution < -0.4 is 0 Å². The van der Waals surface area contributed by atoms with E-state index in [1.807, 2.05) is 6.92 Å². The number of hydrogen-bond acceptors (Lipinski definition) is 0. The molecule has 0 N–H and O–H groups in total. The van der Waals surface area contributed by atoms with Crippen LogP contribution in [0.15, 0.2) is 47.1 Å². The summed E-state index contributed by atoms with van der Waals surface area (Å²) in [5, 5.41) is 0. The fourth-order valence-corrected chi connectivity index (χ4v) is 2.30. The first-order valence-corrected chi connectivity index (χ1v) is 6.49. The van der Waals surface area contributed by atoms with E-state index in [1.165, 1.54) is 29.6 Å². The maximum Gasteiger partial charge on any atom is 0 e. The number of hydrogen-bond donors (Lipinski definition) is 0. The average molecular weight is 318 g/mol. The van der Waals surface area contributed by atoms with Gasteiger partial charge < -0.3 is 0 Å². The predicted octanol–water partition coefficient (Wildman–Crippen LogP) is 5.40. The summed E-state index contributed by atoms with van der Waals surface area (Å²) in [6, 6.07) is 0. The summed E-state index contributed by atoms with van der Waals surface area (Å²) in [4.78, 5) is 0. The van der Waals surface area contributed by atoms with Crippen LogP contribution in [0.5, 0.6) is 0 Å². The fraction of sp³-hybridized carbons (Fsp3) is 0.471. The zero-order chi connectivity index (χ0) is 12.9. The Hall–Kier alpha value is -0.0661. The van der Waals surface area contributed by atoms with E-state index in [0.717, 1.165) is 0 Å². The topological polar surface area (TPSA) is 0 Å². The minimum Gasteiger partial charge on any atom is -0.227 e. The van der Waals surface area contributed by atoms with Crippen LogP contribution in [-0.2, 0) is 32.7 Å². The minimum absolute atomic E-state index is 0. The minimum atomic E-state index is 0. The molecule has 0 nitrogen and oxygen atoms in total. The molecule has 0 atom stereocenters. The summed E-state index contributed by atoms with van der Waals surface area (Å²) in [7, 11) is 0. The van der Waals surface area contributed by atoms with Crippen molar-refractivity contribution in [3.05, 3.63) is 53.5 Å². The molecule has 0 saturated heterocycles. The first-order valence-electron chi connectivity index (χ1n) is 6.49. The molecule has 0 saturated carbocycles. The molecule has 0 unspecified atom stereocenters. The van der Waals surface area contributed by atoms with Crippen molar-refractivity contribution in [2.75, 3.05) is 0 Å². The van der Waals surface area contributed by atoms with Crippen molar-refractivity contribution in [2.45, 2.75) is 47.5 Å². The molecule has 0 aromatic carbocycles. The molecule has 1 aliphatic carbocycles. The van der Waals surface area contributed by atoms with Crippen molar-refractivity contribution < 1.29 is 32.7 Å². The Balaban J connectivity index is 0.00000289. The second-order valence-electron chi connectivity index (χ2n) is 5.49. The van der Waals surface area contributed by atoms with Crippen molar-refractivity contribution in [1.82, 2.24) is 0 Å². The molecule has 0 aromatic rings. The zero-order valence-electron chi connectivity index (χ0n) is 12.5. The Morgan fingerprint density at radius 3 is 2.56 bits per heavy atom. The second-order valence-corrected chi connectivity index (χ2v) is 5.49. The maximum absolute atomic E-state index is 2.36. The molecule has 1 rings (SSSR count). The molecule has 0 aromatic heterocycles. The van der Waals surface area contributed by atoms with Crippen LogP contribution in [0.3, 0.4) is 0 Å². The van der Waals surface area contributed by atoms with Gasteiger partial charge in [0, 0.05) is 32.7 Å². The van der Waals surface area contributed by atoms with Gasteiger partial charge in [0.2, 0.25) is 0 Å². The van der Waals surface area contributed by atoms with E-state index in [1.54, 1.807) is 0 Å². The van der Waals surface area contributed by atoms with Crippen LogP contribution in [0.2, 0.25) is 0 Å². The third-order valence-electron chi connectivity index (χ3n) is 3.44. The molecule has 0 spiro atoms. The smallest absolute Gasteiger partial charge is 0 e. The summed E-state index contributed by atoms with van der Waals surface area (Å²) < 4.78 is 0. The number of allylic oxidation sites excluding steroid dienone is 8. The van der Waals surface area contributed by atoms with Gasteiger partial charge in [0.25, 0.3) is 0 Å². The van der Waals surface area contributed by atoms with Gasteiger partial charge >= 0.3 is 0 Å². The summed E-state index contributed by atoms with van der Waals surface area (Å²) in [6.45, 7) is 11.1. The fourth-order valence-electron chi connectivity index (χ4n) is 2.30. The van der Waals surface area contributed by atoms with Crippen LogP contribution >= 0.6 is 0 Å². The van der Waals surface area contributed by atoms with E-state index >= 15 is 0 Å². The first-order chi connectivity index (χ1) is 7.97. The van der Waals surface area contributed by atoms with Crippen LogP contribution in [0.4, 0.5) is 0 Å². The largest absolute Gasteiger partial charge is 0.227 e. The van der Waals surface area contributed by atoms with Crippen molar-refractivity contribution in [3.63, 3.8) is 0 Å². The summed E-state index contributed by atoms with van der Waals surface area (Å²) in [5.41, 5.74) is 4.54. The molecule has 18 heavy (non-hydrogen) atoms. The third-order valence-corrected chi connectivity index (χ3v) is 3.44. The molecule has 0 aliphatic heterocycles. The van der Waals surface area contributed by atoms with E-state index in [2.05, 4.69) is 64.5 Å². The van der Waals surface area contributed by atoms with E-state index < -0.39 is 0 Å². The predicted molar refractivity (Wildman–Crippen MR) is 77.7 cm³/mol. The Morgan fingerprint density at radius 1 is 1.33 bits per heavy atom. The van der Waals surface area contributed by atoms with Gasteiger partial charge in [-0.15, -0.1) is 12.5 Å². The van der Waals surface area contributed by atoms with Crippen LogP contribution in [-0.4, -0.2) is 0 Å². The van der Waals surface area contributed by atoms with E-state index in [0.29, 0.717) is 5.41 Å². The van der Waals surface area contributed by atoms with Gasteiger partial charge in [-0.1, -0.05) is 62.5 Å². The van der Waals surface area contributed by atoms with Gasteiger partial charge in [-0.2, -0.15) is 5.57 Å². The van der Waals surface area contributed by atoms with Gasteiger partial charge in [-0.3, -0.25) is 0 Å². The maximum atomic E-state index is 2.36. The van der Waals surface area contributed by atoms with Gasteiger partial charge in [0.1, 0.15) is 0 Å². The molecule has 0 heterocycles. The summed E-state index contributed by atoms with van der Waals surface area (Å²) >= 11 is 0. The van der Waals surface area contributed by atoms with Gasteiger partial charge in [-0.05, 0) is 13.8 Å². The Kier molecular flexibility index (Phi) is 8.14. The summed E-state index contributed by atoms with van der Waals surface area (Å²) in [5.74, 6) is 0. The summed E-state index contributed by atoms with van der Waals surface area (Å²) in [6.07, 6.45) is 15.6. The molecular weight excluding hydrogens is 293 g/mol. The van der Waals surface area contributed by atoms with E-state index in [9.17, 15) is 0 Å². The van der Waals surface area contributed by atoms with Crippen molar-refractivity contribution in [2.24, 2.45) is 5.41 Å². The van der Waals surface area contributed by atoms with Crippen LogP contribution in [0.1, 0.15) is 47.5 Å². The molecule has 1 aliphatic rings. The average Bonchev–Trinajstić information content (AvgIpc) is 2.24. The standard InChI is InChI=1S/C17H25.Y/c1-6-7-9-14(2)11-12-16-15(3)10-8-13-17(16,4)5;/h6-7,9-12H,8,13H2,1-5H3;/q-1;/b7-6+,12-11+,14-9+;. The molecule has 0 fully saturated rings. The third kappa shape index (κ3) is 5.28. The molecule has 0 bridgehead atoms. The molecule has 97 valence electrons. The van der Waals surface area contributed by atoms with Gasteiger partial charge in [0.15, 0.2) is 0 Å². The van der Waals surface area contributed by atoms with Crippen molar-refractivity contribution in [3.8, 4) is 0 Å². The Bertz CT molecular complexity index is 378. The first kappa shape index (κ1) is 17.9. The van der Waals surface area contributed by atoms with Crippen molar-refractivity contribution in [1.29, 1.82) is 0 Å².